The minimum absolute atomic E-state index is 0.136. The molecule has 0 bridgehead atoms. The Kier molecular flexibility index (Phi) is 3.74. The Balaban J connectivity index is 2.58. The Morgan fingerprint density at radius 1 is 1.47 bits per heavy atom. The molecule has 0 spiro atoms. The average molecular weight is 214 g/mol. The number of carbonyl (C=O) groups is 1. The molecule has 0 saturated carbocycles. The van der Waals surface area contributed by atoms with E-state index in [0.717, 1.165) is 12.1 Å². The first kappa shape index (κ1) is 11.6. The van der Waals surface area contributed by atoms with Gasteiger partial charge in [0.15, 0.2) is 11.6 Å². The molecular weight excluding hydrogens is 202 g/mol. The lowest BCUT2D eigenvalue weighted by molar-refractivity contribution is -0.122. The van der Waals surface area contributed by atoms with Crippen LogP contribution >= 0.6 is 0 Å². The van der Waals surface area contributed by atoms with Crippen molar-refractivity contribution >= 4 is 5.91 Å². The molecule has 0 aromatic heterocycles. The van der Waals surface area contributed by atoms with E-state index in [1.165, 1.54) is 6.07 Å². The lowest BCUT2D eigenvalue weighted by Crippen LogP contribution is -2.37. The molecule has 1 atom stereocenters. The minimum Gasteiger partial charge on any atom is -0.351 e. The van der Waals surface area contributed by atoms with Crippen LogP contribution in [-0.2, 0) is 11.3 Å². The van der Waals surface area contributed by atoms with Crippen LogP contribution in [-0.4, -0.2) is 11.9 Å². The molecule has 82 valence electrons. The van der Waals surface area contributed by atoms with Crippen molar-refractivity contribution < 1.29 is 13.6 Å². The summed E-state index contributed by atoms with van der Waals surface area (Å²) in [7, 11) is 0. The highest BCUT2D eigenvalue weighted by Gasteiger charge is 2.07. The van der Waals surface area contributed by atoms with Crippen LogP contribution in [0, 0.1) is 11.6 Å². The number of nitrogens with two attached hydrogens (primary N) is 1. The van der Waals surface area contributed by atoms with Gasteiger partial charge in [0.2, 0.25) is 5.91 Å². The summed E-state index contributed by atoms with van der Waals surface area (Å²) in [6.07, 6.45) is 0. The van der Waals surface area contributed by atoms with E-state index in [9.17, 15) is 13.6 Å². The van der Waals surface area contributed by atoms with Crippen LogP contribution < -0.4 is 11.1 Å². The summed E-state index contributed by atoms with van der Waals surface area (Å²) in [6, 6.07) is 2.84. The molecule has 0 aliphatic carbocycles. The highest BCUT2D eigenvalue weighted by molar-refractivity contribution is 5.80. The normalized spacial score (nSPS) is 12.3. The standard InChI is InChI=1S/C10H12F2N2O/c1-6(13)10(15)14-5-7-2-3-8(11)9(12)4-7/h2-4,6H,5,13H2,1H3,(H,14,15). The molecular formula is C10H12F2N2O. The maximum atomic E-state index is 12.7. The molecule has 0 saturated heterocycles. The molecule has 1 unspecified atom stereocenters. The van der Waals surface area contributed by atoms with Crippen LogP contribution in [0.5, 0.6) is 0 Å². The van der Waals surface area contributed by atoms with Crippen molar-refractivity contribution in [2.45, 2.75) is 19.5 Å². The molecule has 1 aromatic carbocycles. The van der Waals surface area contributed by atoms with E-state index < -0.39 is 17.7 Å². The summed E-state index contributed by atoms with van der Waals surface area (Å²) in [4.78, 5) is 11.1. The van der Waals surface area contributed by atoms with Crippen LogP contribution in [0.4, 0.5) is 8.78 Å². The number of hydrogen-bond acceptors (Lipinski definition) is 2. The fourth-order valence-corrected chi connectivity index (χ4v) is 1.000. The number of hydrogen-bond donors (Lipinski definition) is 2. The lowest BCUT2D eigenvalue weighted by Gasteiger charge is -2.07. The van der Waals surface area contributed by atoms with Gasteiger partial charge in [0.1, 0.15) is 0 Å². The summed E-state index contributed by atoms with van der Waals surface area (Å²) in [5, 5.41) is 2.49. The fourth-order valence-electron chi connectivity index (χ4n) is 1.000. The fraction of sp³-hybridized carbons (Fsp3) is 0.300. The second-order valence-corrected chi connectivity index (χ2v) is 3.25. The molecule has 15 heavy (non-hydrogen) atoms. The number of carbonyl (C=O) groups excluding carboxylic acids is 1. The third-order valence-electron chi connectivity index (χ3n) is 1.86. The van der Waals surface area contributed by atoms with E-state index in [1.807, 2.05) is 0 Å². The Labute approximate surface area is 86.3 Å². The van der Waals surface area contributed by atoms with Gasteiger partial charge in [-0.15, -0.1) is 0 Å². The topological polar surface area (TPSA) is 55.1 Å². The monoisotopic (exact) mass is 214 g/mol. The summed E-state index contributed by atoms with van der Waals surface area (Å²) in [6.45, 7) is 1.68. The van der Waals surface area contributed by atoms with Gasteiger partial charge >= 0.3 is 0 Å². The number of nitrogens with one attached hydrogen (secondary N) is 1. The molecule has 0 aliphatic heterocycles. The molecule has 1 amide bonds. The SMILES string of the molecule is CC(N)C(=O)NCc1ccc(F)c(F)c1. The van der Waals surface area contributed by atoms with Crippen LogP contribution in [0.2, 0.25) is 0 Å². The molecule has 0 aliphatic rings. The van der Waals surface area contributed by atoms with Crippen molar-refractivity contribution in [3.8, 4) is 0 Å². The molecule has 1 rings (SSSR count). The summed E-state index contributed by atoms with van der Waals surface area (Å²) in [5.74, 6) is -2.17. The Bertz CT molecular complexity index is 366. The van der Waals surface area contributed by atoms with Crippen LogP contribution in [0.15, 0.2) is 18.2 Å². The zero-order chi connectivity index (χ0) is 11.4. The first-order chi connectivity index (χ1) is 7.00. The van der Waals surface area contributed by atoms with Crippen molar-refractivity contribution in [2.75, 3.05) is 0 Å². The molecule has 1 aromatic rings. The van der Waals surface area contributed by atoms with Gasteiger partial charge in [-0.2, -0.15) is 0 Å². The first-order valence-electron chi connectivity index (χ1n) is 4.48. The third-order valence-corrected chi connectivity index (χ3v) is 1.86. The van der Waals surface area contributed by atoms with Gasteiger partial charge in [-0.1, -0.05) is 6.07 Å². The van der Waals surface area contributed by atoms with E-state index in [2.05, 4.69) is 5.32 Å². The average Bonchev–Trinajstić information content (AvgIpc) is 2.19. The van der Waals surface area contributed by atoms with Crippen molar-refractivity contribution in [1.29, 1.82) is 0 Å². The van der Waals surface area contributed by atoms with E-state index in [0.29, 0.717) is 5.56 Å². The number of amides is 1. The van der Waals surface area contributed by atoms with E-state index in [4.69, 9.17) is 5.73 Å². The Morgan fingerprint density at radius 3 is 2.67 bits per heavy atom. The maximum Gasteiger partial charge on any atom is 0.236 e. The molecule has 5 heteroatoms. The van der Waals surface area contributed by atoms with Crippen LogP contribution in [0.25, 0.3) is 0 Å². The van der Waals surface area contributed by atoms with Gasteiger partial charge in [0.05, 0.1) is 6.04 Å². The minimum atomic E-state index is -0.928. The Morgan fingerprint density at radius 2 is 2.13 bits per heavy atom. The summed E-state index contributed by atoms with van der Waals surface area (Å²) < 4.78 is 25.3. The summed E-state index contributed by atoms with van der Waals surface area (Å²) >= 11 is 0. The van der Waals surface area contributed by atoms with Crippen molar-refractivity contribution in [2.24, 2.45) is 5.73 Å². The number of halogens is 2. The van der Waals surface area contributed by atoms with Crippen molar-refractivity contribution in [1.82, 2.24) is 5.32 Å². The highest BCUT2D eigenvalue weighted by Crippen LogP contribution is 2.08. The molecule has 3 N–H and O–H groups in total. The second-order valence-electron chi connectivity index (χ2n) is 3.25. The largest absolute Gasteiger partial charge is 0.351 e. The van der Waals surface area contributed by atoms with Gasteiger partial charge in [0.25, 0.3) is 0 Å². The Hall–Kier alpha value is -1.49. The van der Waals surface area contributed by atoms with Gasteiger partial charge in [0, 0.05) is 6.54 Å². The molecule has 0 heterocycles. The number of rotatable bonds is 3. The second kappa shape index (κ2) is 4.84. The van der Waals surface area contributed by atoms with E-state index >= 15 is 0 Å². The van der Waals surface area contributed by atoms with Gasteiger partial charge in [-0.3, -0.25) is 4.79 Å². The smallest absolute Gasteiger partial charge is 0.236 e. The quantitative estimate of drug-likeness (QED) is 0.786. The van der Waals surface area contributed by atoms with Gasteiger partial charge < -0.3 is 11.1 Å². The molecule has 3 nitrogen and oxygen atoms in total. The van der Waals surface area contributed by atoms with Crippen LogP contribution in [0.1, 0.15) is 12.5 Å². The lowest BCUT2D eigenvalue weighted by atomic mass is 10.2. The van der Waals surface area contributed by atoms with Crippen molar-refractivity contribution in [3.63, 3.8) is 0 Å². The predicted octanol–water partition coefficient (Wildman–Crippen LogP) is 0.928. The van der Waals surface area contributed by atoms with Crippen LogP contribution in [0.3, 0.4) is 0 Å². The highest BCUT2D eigenvalue weighted by atomic mass is 19.2. The summed E-state index contributed by atoms with van der Waals surface area (Å²) in [5.41, 5.74) is 5.80. The molecule has 0 fully saturated rings. The number of benzene rings is 1. The van der Waals surface area contributed by atoms with Gasteiger partial charge in [-0.25, -0.2) is 8.78 Å². The van der Waals surface area contributed by atoms with E-state index in [1.54, 1.807) is 6.92 Å². The maximum absolute atomic E-state index is 12.7. The first-order valence-corrected chi connectivity index (χ1v) is 4.48. The van der Waals surface area contributed by atoms with E-state index in [-0.39, 0.29) is 12.5 Å². The predicted molar refractivity (Wildman–Crippen MR) is 51.9 cm³/mol. The van der Waals surface area contributed by atoms with Crippen molar-refractivity contribution in [3.05, 3.63) is 35.4 Å². The third kappa shape index (κ3) is 3.28. The zero-order valence-electron chi connectivity index (χ0n) is 8.26. The molecule has 0 radical (unpaired) electrons. The van der Waals surface area contributed by atoms with Gasteiger partial charge in [-0.05, 0) is 24.6 Å². The zero-order valence-corrected chi connectivity index (χ0v) is 8.26.